The van der Waals surface area contributed by atoms with Crippen molar-refractivity contribution in [2.75, 3.05) is 26.6 Å². The van der Waals surface area contributed by atoms with Gasteiger partial charge in [-0.2, -0.15) is 10.4 Å². The number of hydrazone groups is 1. The van der Waals surface area contributed by atoms with Crippen molar-refractivity contribution in [3.63, 3.8) is 0 Å². The Balaban J connectivity index is 1.69. The van der Waals surface area contributed by atoms with Crippen molar-refractivity contribution < 1.29 is 23.8 Å². The van der Waals surface area contributed by atoms with E-state index in [9.17, 15) is 14.9 Å². The summed E-state index contributed by atoms with van der Waals surface area (Å²) in [6.07, 6.45) is 5.10. The highest BCUT2D eigenvalue weighted by atomic mass is 32.1. The third kappa shape index (κ3) is 4.62. The second kappa shape index (κ2) is 9.95. The zero-order chi connectivity index (χ0) is 22.4. The van der Waals surface area contributed by atoms with E-state index in [4.69, 9.17) is 14.2 Å². The zero-order valence-corrected chi connectivity index (χ0v) is 18.2. The van der Waals surface area contributed by atoms with Crippen molar-refractivity contribution >= 4 is 34.4 Å². The van der Waals surface area contributed by atoms with Gasteiger partial charge in [-0.05, 0) is 43.4 Å². The molecule has 162 valence electrons. The van der Waals surface area contributed by atoms with Crippen LogP contribution in [0.15, 0.2) is 17.2 Å². The Morgan fingerprint density at radius 1 is 1.10 bits per heavy atom. The van der Waals surface area contributed by atoms with Gasteiger partial charge >= 0.3 is 11.8 Å². The number of hydrogen-bond acceptors (Lipinski definition) is 8. The fourth-order valence-electron chi connectivity index (χ4n) is 3.37. The molecule has 3 rings (SSSR count). The van der Waals surface area contributed by atoms with Crippen molar-refractivity contribution in [3.05, 3.63) is 33.7 Å². The van der Waals surface area contributed by atoms with Crippen molar-refractivity contribution in [1.29, 1.82) is 5.26 Å². The van der Waals surface area contributed by atoms with Crippen LogP contribution < -0.4 is 25.0 Å². The molecule has 0 radical (unpaired) electrons. The first kappa shape index (κ1) is 22.1. The van der Waals surface area contributed by atoms with Crippen molar-refractivity contribution in [3.8, 4) is 23.3 Å². The Labute approximate surface area is 183 Å². The number of methoxy groups -OCH3 is 3. The van der Waals surface area contributed by atoms with E-state index < -0.39 is 11.8 Å². The van der Waals surface area contributed by atoms with Gasteiger partial charge in [-0.1, -0.05) is 0 Å². The van der Waals surface area contributed by atoms with E-state index in [1.54, 1.807) is 12.1 Å². The number of thiophene rings is 1. The topological polar surface area (TPSA) is 122 Å². The van der Waals surface area contributed by atoms with Gasteiger partial charge in [0, 0.05) is 10.4 Å². The van der Waals surface area contributed by atoms with Gasteiger partial charge in [0.2, 0.25) is 5.75 Å². The Hall–Kier alpha value is -3.58. The molecule has 0 atom stereocenters. The largest absolute Gasteiger partial charge is 0.493 e. The van der Waals surface area contributed by atoms with Gasteiger partial charge < -0.3 is 19.5 Å². The fraction of sp³-hybridized carbons (Fsp3) is 0.333. The minimum absolute atomic E-state index is 0.368. The maximum absolute atomic E-state index is 12.3. The minimum Gasteiger partial charge on any atom is -0.493 e. The number of carbonyl (C=O) groups excluding carboxylic acids is 2. The fourth-order valence-corrected chi connectivity index (χ4v) is 4.60. The molecule has 0 spiro atoms. The third-order valence-electron chi connectivity index (χ3n) is 4.82. The van der Waals surface area contributed by atoms with E-state index in [1.807, 2.05) is 0 Å². The van der Waals surface area contributed by atoms with Crippen LogP contribution >= 0.6 is 11.3 Å². The van der Waals surface area contributed by atoms with Crippen molar-refractivity contribution in [1.82, 2.24) is 5.43 Å². The lowest BCUT2D eigenvalue weighted by molar-refractivity contribution is -0.136. The SMILES string of the molecule is COc1ccc(/C=N\NC(=O)C(=O)Nc2sc3c(c2C#N)CCCC3)c(OC)c1OC. The number of nitriles is 1. The van der Waals surface area contributed by atoms with E-state index in [0.717, 1.165) is 36.1 Å². The third-order valence-corrected chi connectivity index (χ3v) is 6.03. The molecule has 1 aromatic carbocycles. The van der Waals surface area contributed by atoms with Crippen LogP contribution in [0.3, 0.4) is 0 Å². The molecule has 10 heteroatoms. The van der Waals surface area contributed by atoms with E-state index in [2.05, 4.69) is 21.9 Å². The number of hydrogen-bond donors (Lipinski definition) is 2. The standard InChI is InChI=1S/C21H22N4O5S/c1-28-15-9-8-12(17(29-2)18(15)30-3)11-23-25-20(27)19(26)24-21-14(10-22)13-6-4-5-7-16(13)31-21/h8-9,11H,4-7H2,1-3H3,(H,24,26)(H,25,27)/b23-11-. The Kier molecular flexibility index (Phi) is 7.10. The lowest BCUT2D eigenvalue weighted by atomic mass is 9.96. The van der Waals surface area contributed by atoms with E-state index in [-0.39, 0.29) is 0 Å². The highest BCUT2D eigenvalue weighted by Crippen LogP contribution is 2.39. The van der Waals surface area contributed by atoms with Crippen LogP contribution in [-0.2, 0) is 22.4 Å². The molecule has 1 heterocycles. The number of ether oxygens (including phenoxy) is 3. The molecule has 1 aliphatic carbocycles. The van der Waals surface area contributed by atoms with Crippen LogP contribution in [0.4, 0.5) is 5.00 Å². The summed E-state index contributed by atoms with van der Waals surface area (Å²) in [5, 5.41) is 16.2. The van der Waals surface area contributed by atoms with Gasteiger partial charge in [0.15, 0.2) is 11.5 Å². The number of benzene rings is 1. The molecule has 0 saturated carbocycles. The summed E-state index contributed by atoms with van der Waals surface area (Å²) in [7, 11) is 4.45. The smallest absolute Gasteiger partial charge is 0.329 e. The molecular weight excluding hydrogens is 420 g/mol. The Morgan fingerprint density at radius 3 is 2.52 bits per heavy atom. The lowest BCUT2D eigenvalue weighted by Crippen LogP contribution is -2.32. The van der Waals surface area contributed by atoms with Crippen LogP contribution in [0.1, 0.15) is 34.4 Å². The van der Waals surface area contributed by atoms with Gasteiger partial charge in [0.25, 0.3) is 0 Å². The molecular formula is C21H22N4O5S. The van der Waals surface area contributed by atoms with Gasteiger partial charge in [-0.25, -0.2) is 5.43 Å². The Morgan fingerprint density at radius 2 is 1.84 bits per heavy atom. The summed E-state index contributed by atoms with van der Waals surface area (Å²) < 4.78 is 15.9. The molecule has 31 heavy (non-hydrogen) atoms. The molecule has 0 saturated heterocycles. The zero-order valence-electron chi connectivity index (χ0n) is 17.4. The summed E-state index contributed by atoms with van der Waals surface area (Å²) in [5.74, 6) is -0.625. The van der Waals surface area contributed by atoms with Crippen LogP contribution in [-0.4, -0.2) is 39.4 Å². The molecule has 2 aromatic rings. The average molecular weight is 442 g/mol. The molecule has 1 aromatic heterocycles. The summed E-state index contributed by atoms with van der Waals surface area (Å²) >= 11 is 1.35. The number of aryl methyl sites for hydroxylation is 1. The van der Waals surface area contributed by atoms with E-state index in [1.165, 1.54) is 38.9 Å². The van der Waals surface area contributed by atoms with Gasteiger partial charge in [0.1, 0.15) is 11.1 Å². The maximum Gasteiger partial charge on any atom is 0.329 e. The first-order chi connectivity index (χ1) is 15.0. The number of amides is 2. The molecule has 1 aliphatic rings. The summed E-state index contributed by atoms with van der Waals surface area (Å²) in [5.41, 5.74) is 4.12. The first-order valence-corrected chi connectivity index (χ1v) is 10.3. The predicted octanol–water partition coefficient (Wildman–Crippen LogP) is 2.61. The second-order valence-electron chi connectivity index (χ2n) is 6.60. The number of carbonyl (C=O) groups is 2. The maximum atomic E-state index is 12.3. The van der Waals surface area contributed by atoms with E-state index >= 15 is 0 Å². The predicted molar refractivity (Wildman–Crippen MR) is 116 cm³/mol. The quantitative estimate of drug-likeness (QED) is 0.403. The number of anilines is 1. The normalized spacial score (nSPS) is 12.6. The van der Waals surface area contributed by atoms with Gasteiger partial charge in [0.05, 0.1) is 33.1 Å². The monoisotopic (exact) mass is 442 g/mol. The van der Waals surface area contributed by atoms with E-state index in [0.29, 0.717) is 33.4 Å². The average Bonchev–Trinajstić information content (AvgIpc) is 3.14. The Bertz CT molecular complexity index is 1070. The summed E-state index contributed by atoms with van der Waals surface area (Å²) in [6.45, 7) is 0. The number of fused-ring (bicyclic) bond motifs is 1. The second-order valence-corrected chi connectivity index (χ2v) is 7.71. The minimum atomic E-state index is -0.953. The van der Waals surface area contributed by atoms with Gasteiger partial charge in [-0.15, -0.1) is 11.3 Å². The van der Waals surface area contributed by atoms with Crippen LogP contribution in [0, 0.1) is 11.3 Å². The molecule has 0 aliphatic heterocycles. The summed E-state index contributed by atoms with van der Waals surface area (Å²) in [6, 6.07) is 5.48. The van der Waals surface area contributed by atoms with Gasteiger partial charge in [-0.3, -0.25) is 9.59 Å². The van der Waals surface area contributed by atoms with Crippen molar-refractivity contribution in [2.24, 2.45) is 5.10 Å². The molecule has 2 N–H and O–H groups in total. The number of rotatable bonds is 6. The molecule has 0 fully saturated rings. The molecule has 0 bridgehead atoms. The van der Waals surface area contributed by atoms with Crippen LogP contribution in [0.2, 0.25) is 0 Å². The van der Waals surface area contributed by atoms with Crippen LogP contribution in [0.25, 0.3) is 0 Å². The molecule has 0 unspecified atom stereocenters. The highest BCUT2D eigenvalue weighted by molar-refractivity contribution is 7.16. The van der Waals surface area contributed by atoms with Crippen molar-refractivity contribution in [2.45, 2.75) is 25.7 Å². The highest BCUT2D eigenvalue weighted by Gasteiger charge is 2.23. The number of nitrogens with zero attached hydrogens (tertiary/aromatic N) is 2. The molecule has 9 nitrogen and oxygen atoms in total. The number of nitrogens with one attached hydrogen (secondary N) is 2. The summed E-state index contributed by atoms with van der Waals surface area (Å²) in [4.78, 5) is 25.5. The van der Waals surface area contributed by atoms with Crippen LogP contribution in [0.5, 0.6) is 17.2 Å². The first-order valence-electron chi connectivity index (χ1n) is 9.52. The molecule has 2 amide bonds. The lowest BCUT2D eigenvalue weighted by Gasteiger charge is -2.13.